The van der Waals surface area contributed by atoms with Crippen molar-refractivity contribution in [2.24, 2.45) is 5.92 Å². The SMILES string of the molecule is CCCCCCCCCC(=O)OC[C@H](COP(=O)(O)OC[C@@H](O)COP(=O)(O)OC[C@@H](COC(=O)CCCCCCC)OC(=O)CCCCCCCCC)OC(=O)CCCCCCCCCCCCCCCCCCCCC(C)CC. The van der Waals surface area contributed by atoms with E-state index in [1.807, 2.05) is 0 Å². The Morgan fingerprint density at radius 2 is 0.593 bits per heavy atom. The fraction of sp³-hybridized carbons (Fsp3) is 0.935. The second-order valence-corrected chi connectivity index (χ2v) is 25.6. The standard InChI is InChI=1S/C62H120O17P2/c1-6-10-13-16-30-36-41-46-60(65)73-52-58(79-62(67)48-43-38-33-29-27-25-23-21-19-18-20-22-24-26-28-32-35-39-44-55(5)9-4)54-77-81(70,71)75-50-56(63)49-74-80(68,69)76-53-57(51-72-59(64)45-40-34-15-12-8-3)78-61(66)47-42-37-31-17-14-11-7-2/h55-58,63H,6-54H2,1-5H3,(H,68,69)(H,70,71)/t55?,56-,57+,58+/m0/s1. The van der Waals surface area contributed by atoms with E-state index in [1.54, 1.807) is 0 Å². The molecule has 0 bridgehead atoms. The third-order valence-electron chi connectivity index (χ3n) is 14.6. The zero-order valence-electron chi connectivity index (χ0n) is 51.9. The molecule has 81 heavy (non-hydrogen) atoms. The molecule has 6 atom stereocenters. The number of unbranched alkanes of at least 4 members (excludes halogenated alkanes) is 33. The summed E-state index contributed by atoms with van der Waals surface area (Å²) in [6, 6.07) is 0. The van der Waals surface area contributed by atoms with Crippen molar-refractivity contribution < 1.29 is 80.2 Å². The van der Waals surface area contributed by atoms with Crippen LogP contribution in [0.25, 0.3) is 0 Å². The van der Waals surface area contributed by atoms with Crippen LogP contribution in [-0.4, -0.2) is 96.7 Å². The molecular weight excluding hydrogens is 1080 g/mol. The van der Waals surface area contributed by atoms with Gasteiger partial charge in [0.05, 0.1) is 26.4 Å². The Morgan fingerprint density at radius 3 is 0.877 bits per heavy atom. The van der Waals surface area contributed by atoms with Gasteiger partial charge in [-0.25, -0.2) is 9.13 Å². The topological polar surface area (TPSA) is 237 Å². The molecule has 0 aliphatic carbocycles. The smallest absolute Gasteiger partial charge is 0.462 e. The maximum Gasteiger partial charge on any atom is 0.472 e. The van der Waals surface area contributed by atoms with Crippen LogP contribution in [-0.2, 0) is 65.4 Å². The average molecular weight is 1200 g/mol. The van der Waals surface area contributed by atoms with E-state index >= 15 is 0 Å². The summed E-state index contributed by atoms with van der Waals surface area (Å²) in [6.45, 7) is 7.07. The summed E-state index contributed by atoms with van der Waals surface area (Å²) in [5.41, 5.74) is 0. The Labute approximate surface area is 492 Å². The maximum atomic E-state index is 12.9. The molecule has 0 heterocycles. The zero-order valence-corrected chi connectivity index (χ0v) is 53.7. The fourth-order valence-corrected chi connectivity index (χ4v) is 10.8. The van der Waals surface area contributed by atoms with E-state index in [0.29, 0.717) is 25.7 Å². The Bertz CT molecular complexity index is 1590. The average Bonchev–Trinajstić information content (AvgIpc) is 3.44. The van der Waals surface area contributed by atoms with Gasteiger partial charge < -0.3 is 33.8 Å². The van der Waals surface area contributed by atoms with Gasteiger partial charge in [-0.3, -0.25) is 37.3 Å². The van der Waals surface area contributed by atoms with Gasteiger partial charge in [-0.2, -0.15) is 0 Å². The van der Waals surface area contributed by atoms with Crippen molar-refractivity contribution in [1.29, 1.82) is 0 Å². The molecule has 0 spiro atoms. The first kappa shape index (κ1) is 79.1. The lowest BCUT2D eigenvalue weighted by Gasteiger charge is -2.21. The molecule has 0 saturated heterocycles. The quantitative estimate of drug-likeness (QED) is 0.0222. The van der Waals surface area contributed by atoms with E-state index in [1.165, 1.54) is 103 Å². The molecule has 0 rings (SSSR count). The van der Waals surface area contributed by atoms with E-state index in [0.717, 1.165) is 128 Å². The molecule has 0 fully saturated rings. The number of rotatable bonds is 62. The maximum absolute atomic E-state index is 12.9. The fourth-order valence-electron chi connectivity index (χ4n) is 9.20. The van der Waals surface area contributed by atoms with E-state index in [4.69, 9.17) is 37.0 Å². The summed E-state index contributed by atoms with van der Waals surface area (Å²) in [5, 5.41) is 10.5. The molecule has 3 N–H and O–H groups in total. The minimum atomic E-state index is -4.94. The molecule has 17 nitrogen and oxygen atoms in total. The molecular formula is C62H120O17P2. The second-order valence-electron chi connectivity index (χ2n) is 22.7. The van der Waals surface area contributed by atoms with Crippen molar-refractivity contribution in [2.45, 2.75) is 329 Å². The summed E-state index contributed by atoms with van der Waals surface area (Å²) in [6.07, 6.45) is 39.7. The Kier molecular flexibility index (Phi) is 54.6. The van der Waals surface area contributed by atoms with Crippen molar-refractivity contribution in [3.63, 3.8) is 0 Å². The first-order valence-corrected chi connectivity index (χ1v) is 35.7. The predicted molar refractivity (Wildman–Crippen MR) is 322 cm³/mol. The van der Waals surface area contributed by atoms with Crippen LogP contribution in [0, 0.1) is 5.92 Å². The molecule has 3 unspecified atom stereocenters. The molecule has 0 amide bonds. The summed E-state index contributed by atoms with van der Waals surface area (Å²) in [7, 11) is -9.86. The normalized spacial score (nSPS) is 14.6. The van der Waals surface area contributed by atoms with Gasteiger partial charge in [-0.1, -0.05) is 259 Å². The molecule has 19 heteroatoms. The van der Waals surface area contributed by atoms with Crippen LogP contribution in [0.4, 0.5) is 0 Å². The number of ether oxygens (including phenoxy) is 4. The van der Waals surface area contributed by atoms with Crippen molar-refractivity contribution >= 4 is 39.5 Å². The van der Waals surface area contributed by atoms with Crippen LogP contribution in [0.5, 0.6) is 0 Å². The number of phosphoric acid groups is 2. The number of carbonyl (C=O) groups is 4. The van der Waals surface area contributed by atoms with Gasteiger partial charge in [-0.15, -0.1) is 0 Å². The minimum absolute atomic E-state index is 0.103. The van der Waals surface area contributed by atoms with Crippen molar-refractivity contribution in [3.05, 3.63) is 0 Å². The number of aliphatic hydroxyl groups is 1. The van der Waals surface area contributed by atoms with Gasteiger partial charge in [0.15, 0.2) is 12.2 Å². The minimum Gasteiger partial charge on any atom is -0.462 e. The molecule has 480 valence electrons. The van der Waals surface area contributed by atoms with Crippen molar-refractivity contribution in [3.8, 4) is 0 Å². The monoisotopic (exact) mass is 1200 g/mol. The van der Waals surface area contributed by atoms with Crippen LogP contribution < -0.4 is 0 Å². The molecule has 0 aliphatic rings. The molecule has 0 aliphatic heterocycles. The lowest BCUT2D eigenvalue weighted by Crippen LogP contribution is -2.30. The van der Waals surface area contributed by atoms with Crippen molar-refractivity contribution in [1.82, 2.24) is 0 Å². The highest BCUT2D eigenvalue weighted by Crippen LogP contribution is 2.45. The highest BCUT2D eigenvalue weighted by atomic mass is 31.2. The number of phosphoric ester groups is 2. The van der Waals surface area contributed by atoms with Gasteiger partial charge in [0.1, 0.15) is 19.3 Å². The number of aliphatic hydroxyl groups excluding tert-OH is 1. The van der Waals surface area contributed by atoms with E-state index in [2.05, 4.69) is 34.6 Å². The summed E-state index contributed by atoms with van der Waals surface area (Å²) in [4.78, 5) is 71.5. The van der Waals surface area contributed by atoms with Gasteiger partial charge in [0, 0.05) is 25.7 Å². The van der Waals surface area contributed by atoms with Gasteiger partial charge >= 0.3 is 39.5 Å². The number of carbonyl (C=O) groups excluding carboxylic acids is 4. The number of hydrogen-bond donors (Lipinski definition) is 3. The lowest BCUT2D eigenvalue weighted by atomic mass is 9.99. The Morgan fingerprint density at radius 1 is 0.346 bits per heavy atom. The third kappa shape index (κ3) is 55.7. The second kappa shape index (κ2) is 55.9. The number of esters is 4. The van der Waals surface area contributed by atoms with Gasteiger partial charge in [-0.05, 0) is 31.6 Å². The van der Waals surface area contributed by atoms with Crippen LogP contribution in [0.2, 0.25) is 0 Å². The van der Waals surface area contributed by atoms with Crippen LogP contribution in [0.1, 0.15) is 311 Å². The van der Waals surface area contributed by atoms with Crippen molar-refractivity contribution in [2.75, 3.05) is 39.6 Å². The highest BCUT2D eigenvalue weighted by molar-refractivity contribution is 7.47. The zero-order chi connectivity index (χ0) is 59.9. The molecule has 0 radical (unpaired) electrons. The summed E-state index contributed by atoms with van der Waals surface area (Å²) < 4.78 is 67.4. The summed E-state index contributed by atoms with van der Waals surface area (Å²) >= 11 is 0. The van der Waals surface area contributed by atoms with E-state index < -0.39 is 97.5 Å². The lowest BCUT2D eigenvalue weighted by molar-refractivity contribution is -0.161. The summed E-state index contributed by atoms with van der Waals surface area (Å²) in [5.74, 6) is -1.29. The largest absolute Gasteiger partial charge is 0.472 e. The van der Waals surface area contributed by atoms with Crippen LogP contribution in [0.3, 0.4) is 0 Å². The number of hydrogen-bond acceptors (Lipinski definition) is 15. The van der Waals surface area contributed by atoms with E-state index in [9.17, 15) is 43.2 Å². The first-order chi connectivity index (χ1) is 39.1. The predicted octanol–water partition coefficient (Wildman–Crippen LogP) is 17.0. The molecule has 0 aromatic carbocycles. The van der Waals surface area contributed by atoms with Gasteiger partial charge in [0.2, 0.25) is 0 Å². The molecule has 0 saturated carbocycles. The van der Waals surface area contributed by atoms with E-state index in [-0.39, 0.29) is 25.7 Å². The molecule has 0 aromatic rings. The third-order valence-corrected chi connectivity index (χ3v) is 16.5. The van der Waals surface area contributed by atoms with Crippen LogP contribution in [0.15, 0.2) is 0 Å². The van der Waals surface area contributed by atoms with Crippen LogP contribution >= 0.6 is 15.6 Å². The highest BCUT2D eigenvalue weighted by Gasteiger charge is 2.30. The first-order valence-electron chi connectivity index (χ1n) is 32.7. The van der Waals surface area contributed by atoms with Gasteiger partial charge in [0.25, 0.3) is 0 Å². The Balaban J connectivity index is 4.96. The molecule has 0 aromatic heterocycles. The Hall–Kier alpha value is -1.94.